The van der Waals surface area contributed by atoms with E-state index >= 15 is 0 Å². The Morgan fingerprint density at radius 3 is 2.81 bits per heavy atom. The first-order valence-electron chi connectivity index (χ1n) is 8.85. The number of tetrazole rings is 1. The lowest BCUT2D eigenvalue weighted by atomic mass is 10.2. The van der Waals surface area contributed by atoms with Gasteiger partial charge in [0.2, 0.25) is 6.10 Å². The van der Waals surface area contributed by atoms with Crippen molar-refractivity contribution >= 4 is 11.6 Å². The lowest BCUT2D eigenvalue weighted by Gasteiger charge is -2.25. The van der Waals surface area contributed by atoms with Crippen molar-refractivity contribution in [2.24, 2.45) is 0 Å². The molecular weight excluding hydrogens is 346 g/mol. The SMILES string of the molecule is O=C(Nc1cccc(-c2nnnn2C2CC2)c1)[C@H]1COc2ccccc2O1. The van der Waals surface area contributed by atoms with Gasteiger partial charge in [-0.1, -0.05) is 24.3 Å². The van der Waals surface area contributed by atoms with Crippen molar-refractivity contribution < 1.29 is 14.3 Å². The van der Waals surface area contributed by atoms with E-state index in [0.717, 1.165) is 18.4 Å². The van der Waals surface area contributed by atoms with Gasteiger partial charge >= 0.3 is 0 Å². The molecular formula is C19H17N5O3. The first-order chi connectivity index (χ1) is 13.3. The van der Waals surface area contributed by atoms with Gasteiger partial charge in [-0.25, -0.2) is 4.68 Å². The molecule has 1 fully saturated rings. The minimum absolute atomic E-state index is 0.169. The molecule has 136 valence electrons. The maximum absolute atomic E-state index is 12.6. The zero-order valence-corrected chi connectivity index (χ0v) is 14.4. The number of carbonyl (C=O) groups excluding carboxylic acids is 1. The van der Waals surface area contributed by atoms with Gasteiger partial charge in [-0.3, -0.25) is 4.79 Å². The number of ether oxygens (including phenoxy) is 2. The third-order valence-corrected chi connectivity index (χ3v) is 4.57. The topological polar surface area (TPSA) is 91.2 Å². The molecule has 5 rings (SSSR count). The molecule has 2 aromatic carbocycles. The van der Waals surface area contributed by atoms with Crippen LogP contribution in [0.2, 0.25) is 0 Å². The summed E-state index contributed by atoms with van der Waals surface area (Å²) in [5, 5.41) is 14.9. The Kier molecular flexibility index (Phi) is 3.74. The van der Waals surface area contributed by atoms with Crippen molar-refractivity contribution in [2.75, 3.05) is 11.9 Å². The number of anilines is 1. The summed E-state index contributed by atoms with van der Waals surface area (Å²) in [6.45, 7) is 0.169. The van der Waals surface area contributed by atoms with E-state index in [1.54, 1.807) is 6.07 Å². The highest BCUT2D eigenvalue weighted by atomic mass is 16.6. The van der Waals surface area contributed by atoms with Gasteiger partial charge in [-0.15, -0.1) is 5.10 Å². The van der Waals surface area contributed by atoms with Crippen molar-refractivity contribution in [2.45, 2.75) is 25.0 Å². The predicted molar refractivity (Wildman–Crippen MR) is 96.5 cm³/mol. The molecule has 1 aliphatic carbocycles. The van der Waals surface area contributed by atoms with Gasteiger partial charge < -0.3 is 14.8 Å². The van der Waals surface area contributed by atoms with Crippen LogP contribution in [0.25, 0.3) is 11.4 Å². The quantitative estimate of drug-likeness (QED) is 0.766. The zero-order valence-electron chi connectivity index (χ0n) is 14.4. The summed E-state index contributed by atoms with van der Waals surface area (Å²) in [6.07, 6.45) is 1.48. The van der Waals surface area contributed by atoms with Crippen LogP contribution in [-0.4, -0.2) is 38.8 Å². The summed E-state index contributed by atoms with van der Waals surface area (Å²) in [5.41, 5.74) is 1.51. The number of para-hydroxylation sites is 2. The van der Waals surface area contributed by atoms with E-state index in [1.807, 2.05) is 47.1 Å². The Morgan fingerprint density at radius 1 is 1.11 bits per heavy atom. The Morgan fingerprint density at radius 2 is 1.96 bits per heavy atom. The first kappa shape index (κ1) is 15.8. The molecule has 1 saturated carbocycles. The number of fused-ring (bicyclic) bond motifs is 1. The number of amides is 1. The average Bonchev–Trinajstić information content (AvgIpc) is 3.44. The third-order valence-electron chi connectivity index (χ3n) is 4.57. The Hall–Kier alpha value is -3.42. The van der Waals surface area contributed by atoms with E-state index < -0.39 is 6.10 Å². The van der Waals surface area contributed by atoms with E-state index in [2.05, 4.69) is 20.8 Å². The molecule has 2 aliphatic rings. The fourth-order valence-electron chi connectivity index (χ4n) is 3.06. The number of benzene rings is 2. The van der Waals surface area contributed by atoms with Crippen LogP contribution in [0, 0.1) is 0 Å². The molecule has 1 N–H and O–H groups in total. The molecule has 3 aromatic rings. The Labute approximate surface area is 155 Å². The Balaban J connectivity index is 1.33. The number of rotatable bonds is 4. The molecule has 0 spiro atoms. The molecule has 8 nitrogen and oxygen atoms in total. The number of nitrogens with one attached hydrogen (secondary N) is 1. The van der Waals surface area contributed by atoms with Crippen LogP contribution >= 0.6 is 0 Å². The second-order valence-electron chi connectivity index (χ2n) is 6.61. The lowest BCUT2D eigenvalue weighted by molar-refractivity contribution is -0.125. The number of carbonyl (C=O) groups is 1. The first-order valence-corrected chi connectivity index (χ1v) is 8.85. The molecule has 2 heterocycles. The van der Waals surface area contributed by atoms with Crippen molar-refractivity contribution in [3.05, 3.63) is 48.5 Å². The minimum Gasteiger partial charge on any atom is -0.485 e. The highest BCUT2D eigenvalue weighted by Gasteiger charge is 2.29. The van der Waals surface area contributed by atoms with Gasteiger partial charge in [0.05, 0.1) is 6.04 Å². The van der Waals surface area contributed by atoms with Gasteiger partial charge in [-0.2, -0.15) is 0 Å². The second kappa shape index (κ2) is 6.39. The molecule has 0 radical (unpaired) electrons. The predicted octanol–water partition coefficient (Wildman–Crippen LogP) is 2.45. The lowest BCUT2D eigenvalue weighted by Crippen LogP contribution is -2.40. The third kappa shape index (κ3) is 3.10. The van der Waals surface area contributed by atoms with Crippen LogP contribution in [0.15, 0.2) is 48.5 Å². The minimum atomic E-state index is -0.708. The summed E-state index contributed by atoms with van der Waals surface area (Å²) in [4.78, 5) is 12.6. The molecule has 0 bridgehead atoms. The summed E-state index contributed by atoms with van der Waals surface area (Å²) < 4.78 is 13.2. The summed E-state index contributed by atoms with van der Waals surface area (Å²) in [7, 11) is 0. The van der Waals surface area contributed by atoms with E-state index in [1.165, 1.54) is 0 Å². The van der Waals surface area contributed by atoms with E-state index in [0.29, 0.717) is 29.1 Å². The molecule has 1 aromatic heterocycles. The standard InChI is InChI=1S/C19H17N5O3/c25-19(17-11-26-15-6-1-2-7-16(15)27-17)20-13-5-3-4-12(10-13)18-21-22-23-24(18)14-8-9-14/h1-7,10,14,17H,8-9,11H2,(H,20,25)/t17-/m1/s1. The molecule has 0 saturated heterocycles. The van der Waals surface area contributed by atoms with Crippen LogP contribution in [0.1, 0.15) is 18.9 Å². The van der Waals surface area contributed by atoms with Crippen LogP contribution in [0.5, 0.6) is 11.5 Å². The van der Waals surface area contributed by atoms with Gasteiger partial charge in [-0.05, 0) is 47.5 Å². The van der Waals surface area contributed by atoms with Crippen LogP contribution in [-0.2, 0) is 4.79 Å². The number of aromatic nitrogens is 4. The van der Waals surface area contributed by atoms with E-state index in [-0.39, 0.29) is 12.5 Å². The average molecular weight is 363 g/mol. The normalized spacial score (nSPS) is 18.1. The second-order valence-corrected chi connectivity index (χ2v) is 6.61. The largest absolute Gasteiger partial charge is 0.485 e. The maximum Gasteiger partial charge on any atom is 0.269 e. The van der Waals surface area contributed by atoms with Gasteiger partial charge in [0.25, 0.3) is 5.91 Å². The fourth-order valence-corrected chi connectivity index (χ4v) is 3.06. The van der Waals surface area contributed by atoms with Crippen LogP contribution in [0.3, 0.4) is 0 Å². The highest BCUT2D eigenvalue weighted by molar-refractivity contribution is 5.95. The smallest absolute Gasteiger partial charge is 0.269 e. The Bertz CT molecular complexity index is 998. The number of hydrogen-bond acceptors (Lipinski definition) is 6. The van der Waals surface area contributed by atoms with Crippen molar-refractivity contribution in [3.8, 4) is 22.9 Å². The zero-order chi connectivity index (χ0) is 18.2. The van der Waals surface area contributed by atoms with E-state index in [4.69, 9.17) is 9.47 Å². The number of hydrogen-bond donors (Lipinski definition) is 1. The van der Waals surface area contributed by atoms with Crippen LogP contribution < -0.4 is 14.8 Å². The molecule has 1 aliphatic heterocycles. The fraction of sp³-hybridized carbons (Fsp3) is 0.263. The van der Waals surface area contributed by atoms with E-state index in [9.17, 15) is 4.79 Å². The molecule has 1 amide bonds. The summed E-state index contributed by atoms with van der Waals surface area (Å²) in [5.74, 6) is 1.67. The highest BCUT2D eigenvalue weighted by Crippen LogP contribution is 2.37. The van der Waals surface area contributed by atoms with Crippen molar-refractivity contribution in [1.29, 1.82) is 0 Å². The molecule has 1 atom stereocenters. The molecule has 0 unspecified atom stereocenters. The summed E-state index contributed by atoms with van der Waals surface area (Å²) in [6, 6.07) is 15.2. The number of nitrogens with zero attached hydrogens (tertiary/aromatic N) is 4. The monoisotopic (exact) mass is 363 g/mol. The van der Waals surface area contributed by atoms with Crippen LogP contribution in [0.4, 0.5) is 5.69 Å². The molecule has 27 heavy (non-hydrogen) atoms. The summed E-state index contributed by atoms with van der Waals surface area (Å²) >= 11 is 0. The van der Waals surface area contributed by atoms with Gasteiger partial charge in [0, 0.05) is 11.3 Å². The van der Waals surface area contributed by atoms with Gasteiger partial charge in [0.1, 0.15) is 6.61 Å². The van der Waals surface area contributed by atoms with Gasteiger partial charge in [0.15, 0.2) is 17.3 Å². The maximum atomic E-state index is 12.6. The van der Waals surface area contributed by atoms with Crippen molar-refractivity contribution in [1.82, 2.24) is 20.2 Å². The molecule has 8 heteroatoms. The van der Waals surface area contributed by atoms with Crippen molar-refractivity contribution in [3.63, 3.8) is 0 Å².